The molecule has 0 unspecified atom stereocenters. The van der Waals surface area contributed by atoms with Crippen LogP contribution in [0.25, 0.3) is 0 Å². The topological polar surface area (TPSA) is 107 Å². The van der Waals surface area contributed by atoms with Gasteiger partial charge in [0.25, 0.3) is 0 Å². The van der Waals surface area contributed by atoms with Crippen molar-refractivity contribution in [3.63, 3.8) is 0 Å². The molecule has 214 valence electrons. The first kappa shape index (κ1) is 29.3. The Balaban J connectivity index is 1.30. The lowest BCUT2D eigenvalue weighted by molar-refractivity contribution is -0.157. The molecule has 0 bridgehead atoms. The van der Waals surface area contributed by atoms with Crippen molar-refractivity contribution in [3.8, 4) is 0 Å². The third-order valence-corrected chi connectivity index (χ3v) is 6.69. The zero-order valence-corrected chi connectivity index (χ0v) is 22.3. The lowest BCUT2D eigenvalue weighted by Gasteiger charge is -2.35. The SMILES string of the molecule is CN(Cc1ccc(N/C(C=N)=C(/Nc2ccccn2)C(F)(F)F)cc1)C(=O)C1CC(C(=O)OCc2ccccc2)C1. The number of ether oxygens (including phenoxy) is 1. The zero-order valence-electron chi connectivity index (χ0n) is 22.3. The number of halogens is 3. The third-order valence-electron chi connectivity index (χ3n) is 6.69. The number of hydrogen-bond donors (Lipinski definition) is 3. The number of rotatable bonds is 11. The van der Waals surface area contributed by atoms with Crippen LogP contribution in [0.15, 0.2) is 90.4 Å². The average molecular weight is 566 g/mol. The first-order chi connectivity index (χ1) is 19.6. The fourth-order valence-electron chi connectivity index (χ4n) is 4.40. The molecule has 0 radical (unpaired) electrons. The maximum absolute atomic E-state index is 13.8. The molecule has 1 aliphatic rings. The highest BCUT2D eigenvalue weighted by Crippen LogP contribution is 2.36. The van der Waals surface area contributed by atoms with E-state index in [1.807, 2.05) is 30.3 Å². The van der Waals surface area contributed by atoms with E-state index in [4.69, 9.17) is 10.1 Å². The number of allylic oxidation sites excluding steroid dienone is 2. The molecule has 1 aromatic heterocycles. The number of aromatic nitrogens is 1. The summed E-state index contributed by atoms with van der Waals surface area (Å²) >= 11 is 0. The minimum absolute atomic E-state index is 0.00844. The van der Waals surface area contributed by atoms with E-state index in [1.165, 1.54) is 12.3 Å². The van der Waals surface area contributed by atoms with Gasteiger partial charge in [-0.2, -0.15) is 13.2 Å². The smallest absolute Gasteiger partial charge is 0.433 e. The Bertz CT molecular complexity index is 1370. The summed E-state index contributed by atoms with van der Waals surface area (Å²) in [5.74, 6) is -0.945. The second-order valence-electron chi connectivity index (χ2n) is 9.75. The summed E-state index contributed by atoms with van der Waals surface area (Å²) in [6.07, 6.45) is -1.94. The van der Waals surface area contributed by atoms with Gasteiger partial charge in [0.15, 0.2) is 0 Å². The van der Waals surface area contributed by atoms with Crippen LogP contribution in [0.3, 0.4) is 0 Å². The number of nitrogens with zero attached hydrogens (tertiary/aromatic N) is 2. The van der Waals surface area contributed by atoms with Crippen molar-refractivity contribution in [2.75, 3.05) is 17.7 Å². The molecule has 0 saturated heterocycles. The van der Waals surface area contributed by atoms with Crippen LogP contribution in [-0.2, 0) is 27.5 Å². The molecule has 0 spiro atoms. The Morgan fingerprint density at radius 3 is 2.27 bits per heavy atom. The van der Waals surface area contributed by atoms with E-state index in [0.717, 1.165) is 11.1 Å². The Morgan fingerprint density at radius 1 is 0.976 bits per heavy atom. The van der Waals surface area contributed by atoms with Gasteiger partial charge < -0.3 is 25.7 Å². The Kier molecular flexibility index (Phi) is 9.38. The molecular weight excluding hydrogens is 535 g/mol. The van der Waals surface area contributed by atoms with Crippen LogP contribution in [0.2, 0.25) is 0 Å². The molecule has 1 saturated carbocycles. The van der Waals surface area contributed by atoms with Gasteiger partial charge in [-0.15, -0.1) is 0 Å². The molecule has 8 nitrogen and oxygen atoms in total. The van der Waals surface area contributed by atoms with Crippen LogP contribution >= 0.6 is 0 Å². The number of carbonyl (C=O) groups excluding carboxylic acids is 2. The van der Waals surface area contributed by atoms with Gasteiger partial charge in [0.05, 0.1) is 11.6 Å². The molecule has 0 atom stereocenters. The normalized spacial score (nSPS) is 17.0. The highest BCUT2D eigenvalue weighted by Gasteiger charge is 2.41. The maximum Gasteiger partial charge on any atom is 0.433 e. The Hall–Kier alpha value is -4.67. The largest absolute Gasteiger partial charge is 0.461 e. The zero-order chi connectivity index (χ0) is 29.4. The predicted octanol–water partition coefficient (Wildman–Crippen LogP) is 5.76. The maximum atomic E-state index is 13.8. The number of hydrogen-bond acceptors (Lipinski definition) is 7. The summed E-state index contributed by atoms with van der Waals surface area (Å²) < 4.78 is 46.6. The van der Waals surface area contributed by atoms with Gasteiger partial charge in [-0.1, -0.05) is 48.5 Å². The van der Waals surface area contributed by atoms with E-state index in [1.54, 1.807) is 48.3 Å². The number of benzene rings is 2. The highest BCUT2D eigenvalue weighted by molar-refractivity contribution is 5.84. The number of carbonyl (C=O) groups is 2. The molecule has 11 heteroatoms. The second-order valence-corrected chi connectivity index (χ2v) is 9.75. The molecule has 1 amide bonds. The van der Waals surface area contributed by atoms with Crippen LogP contribution in [0, 0.1) is 17.2 Å². The minimum Gasteiger partial charge on any atom is -0.461 e. The average Bonchev–Trinajstić information content (AvgIpc) is 2.94. The lowest BCUT2D eigenvalue weighted by atomic mass is 9.74. The number of esters is 1. The van der Waals surface area contributed by atoms with E-state index >= 15 is 0 Å². The minimum atomic E-state index is -4.76. The highest BCUT2D eigenvalue weighted by atomic mass is 19.4. The first-order valence-corrected chi connectivity index (χ1v) is 13.0. The molecule has 3 N–H and O–H groups in total. The van der Waals surface area contributed by atoms with E-state index in [2.05, 4.69) is 15.6 Å². The monoisotopic (exact) mass is 565 g/mol. The van der Waals surface area contributed by atoms with Crippen LogP contribution in [0.1, 0.15) is 24.0 Å². The van der Waals surface area contributed by atoms with Crippen molar-refractivity contribution in [3.05, 3.63) is 102 Å². The number of nitrogens with one attached hydrogen (secondary N) is 3. The van der Waals surface area contributed by atoms with E-state index in [-0.39, 0.29) is 36.1 Å². The van der Waals surface area contributed by atoms with Gasteiger partial charge in [-0.25, -0.2) is 4.98 Å². The van der Waals surface area contributed by atoms with Crippen molar-refractivity contribution in [2.24, 2.45) is 11.8 Å². The molecule has 1 aliphatic carbocycles. The molecule has 4 rings (SSSR count). The quantitative estimate of drug-likeness (QED) is 0.202. The molecule has 41 heavy (non-hydrogen) atoms. The second kappa shape index (κ2) is 13.1. The van der Waals surface area contributed by atoms with Crippen molar-refractivity contribution in [1.29, 1.82) is 5.41 Å². The van der Waals surface area contributed by atoms with E-state index in [9.17, 15) is 22.8 Å². The van der Waals surface area contributed by atoms with Gasteiger partial charge in [0.2, 0.25) is 5.91 Å². The molecule has 1 heterocycles. The standard InChI is InChI=1S/C30H30F3N5O3/c1-38(28(39)22-15-23(16-22)29(40)41-19-21-7-3-2-4-8-21)18-20-10-12-24(13-11-20)36-25(17-34)27(30(31,32)33)37-26-9-5-6-14-35-26/h2-14,17,22-23,34,36H,15-16,18-19H2,1H3,(H,35,37)/b27-25+,34-17?. The summed E-state index contributed by atoms with van der Waals surface area (Å²) in [7, 11) is 1.67. The summed E-state index contributed by atoms with van der Waals surface area (Å²) in [5, 5.41) is 12.4. The predicted molar refractivity (Wildman–Crippen MR) is 149 cm³/mol. The van der Waals surface area contributed by atoms with E-state index < -0.39 is 17.6 Å². The summed E-state index contributed by atoms with van der Waals surface area (Å²) in [6.45, 7) is 0.496. The van der Waals surface area contributed by atoms with Crippen molar-refractivity contribution in [1.82, 2.24) is 9.88 Å². The van der Waals surface area contributed by atoms with Gasteiger partial charge in [0.1, 0.15) is 18.1 Å². The van der Waals surface area contributed by atoms with Crippen molar-refractivity contribution >= 4 is 29.6 Å². The molecule has 3 aromatic rings. The fraction of sp³-hybridized carbons (Fsp3) is 0.267. The number of anilines is 2. The number of amides is 1. The molecule has 0 aliphatic heterocycles. The number of pyridine rings is 1. The van der Waals surface area contributed by atoms with E-state index in [0.29, 0.717) is 31.3 Å². The van der Waals surface area contributed by atoms with Crippen molar-refractivity contribution < 1.29 is 27.5 Å². The summed E-state index contributed by atoms with van der Waals surface area (Å²) in [4.78, 5) is 30.6. The first-order valence-electron chi connectivity index (χ1n) is 13.0. The number of alkyl halides is 3. The third kappa shape index (κ3) is 7.93. The van der Waals surface area contributed by atoms with Gasteiger partial charge in [0, 0.05) is 37.6 Å². The Labute approximate surface area is 235 Å². The summed E-state index contributed by atoms with van der Waals surface area (Å²) in [6, 6.07) is 20.4. The summed E-state index contributed by atoms with van der Waals surface area (Å²) in [5.41, 5.74) is 0.378. The van der Waals surface area contributed by atoms with Crippen LogP contribution in [0.5, 0.6) is 0 Å². The molecular formula is C30H30F3N5O3. The molecule has 2 aromatic carbocycles. The van der Waals surface area contributed by atoms with Crippen molar-refractivity contribution in [2.45, 2.75) is 32.2 Å². The van der Waals surface area contributed by atoms with Gasteiger partial charge >= 0.3 is 12.1 Å². The fourth-order valence-corrected chi connectivity index (χ4v) is 4.40. The van der Waals surface area contributed by atoms with Crippen LogP contribution in [-0.4, -0.2) is 41.2 Å². The lowest BCUT2D eigenvalue weighted by Crippen LogP contribution is -2.42. The molecule has 1 fully saturated rings. The van der Waals surface area contributed by atoms with Crippen LogP contribution in [0.4, 0.5) is 24.7 Å². The Morgan fingerprint density at radius 2 is 1.66 bits per heavy atom. The van der Waals surface area contributed by atoms with Gasteiger partial charge in [-0.3, -0.25) is 9.59 Å². The van der Waals surface area contributed by atoms with Gasteiger partial charge in [-0.05, 0) is 48.2 Å². The van der Waals surface area contributed by atoms with Crippen LogP contribution < -0.4 is 10.6 Å².